The number of carboxylic acid groups (broad SMARTS) is 1. The molecule has 0 spiro atoms. The number of carbonyl (C=O) groups excluding carboxylic acids is 3. The summed E-state index contributed by atoms with van der Waals surface area (Å²) in [5.74, 6) is -3.84. The quantitative estimate of drug-likeness (QED) is 0.151. The van der Waals surface area contributed by atoms with Gasteiger partial charge in [-0.2, -0.15) is 0 Å². The Hall–Kier alpha value is 0.130. The van der Waals surface area contributed by atoms with Crippen LogP contribution in [0.2, 0.25) is 0 Å². The first-order valence-corrected chi connectivity index (χ1v) is 11.6. The number of halogens is 5. The van der Waals surface area contributed by atoms with Crippen LogP contribution in [0.1, 0.15) is 0 Å². The van der Waals surface area contributed by atoms with Crippen LogP contribution in [-0.4, -0.2) is 63.2 Å². The summed E-state index contributed by atoms with van der Waals surface area (Å²) in [7, 11) is 0. The average molecular weight is 757 g/mol. The molecule has 2 atom stereocenters. The average Bonchev–Trinajstić information content (AvgIpc) is 2.60. The van der Waals surface area contributed by atoms with Crippen molar-refractivity contribution in [2.45, 2.75) is 9.46 Å². The van der Waals surface area contributed by atoms with E-state index in [0.717, 1.165) is 0 Å². The van der Waals surface area contributed by atoms with Crippen molar-refractivity contribution in [2.75, 3.05) is 24.9 Å². The maximum atomic E-state index is 13.0. The second-order valence-electron chi connectivity index (χ2n) is 5.02. The molecule has 0 fully saturated rings. The Balaban J connectivity index is 3.17. The number of allylic oxidation sites excluding steroid dienone is 2. The number of nitrogens with one attached hydrogen (secondary N) is 2. The summed E-state index contributed by atoms with van der Waals surface area (Å²) in [5.41, 5.74) is -1.68. The topological polar surface area (TPSA) is 122 Å². The van der Waals surface area contributed by atoms with Crippen LogP contribution in [0.4, 0.5) is 0 Å². The van der Waals surface area contributed by atoms with E-state index in [2.05, 4.69) is 10.6 Å². The SMILES string of the molecule is O=C(CCl)NC1(C(=O)NCCOC(=O)CCl)C(I)=CC(I)=C(C(=O)O)C1I. The second-order valence-corrected chi connectivity index (χ2v) is 9.13. The van der Waals surface area contributed by atoms with Gasteiger partial charge in [0.2, 0.25) is 5.91 Å². The Morgan fingerprint density at radius 3 is 2.37 bits per heavy atom. The van der Waals surface area contributed by atoms with Gasteiger partial charge in [-0.05, 0) is 51.3 Å². The molecule has 0 bridgehead atoms. The van der Waals surface area contributed by atoms with Gasteiger partial charge >= 0.3 is 11.9 Å². The summed E-state index contributed by atoms with van der Waals surface area (Å²) >= 11 is 16.4. The molecule has 0 aliphatic heterocycles. The molecule has 1 aliphatic rings. The second kappa shape index (κ2) is 11.3. The minimum Gasteiger partial charge on any atom is -0.478 e. The first-order valence-electron chi connectivity index (χ1n) is 7.13. The number of carbonyl (C=O) groups is 4. The molecular formula is C14H13Cl2I3N2O6. The molecule has 1 aliphatic carbocycles. The molecule has 0 saturated carbocycles. The summed E-state index contributed by atoms with van der Waals surface area (Å²) in [4.78, 5) is 47.7. The number of hydrogen-bond donors (Lipinski definition) is 3. The number of alkyl halides is 3. The largest absolute Gasteiger partial charge is 0.478 e. The highest BCUT2D eigenvalue weighted by atomic mass is 127. The number of rotatable bonds is 8. The number of esters is 1. The normalized spacial score (nSPS) is 22.0. The summed E-state index contributed by atoms with van der Waals surface area (Å²) in [6, 6.07) is 0. The van der Waals surface area contributed by atoms with Crippen LogP contribution in [0.15, 0.2) is 18.8 Å². The molecule has 13 heteroatoms. The standard InChI is InChI=1S/C14H13Cl2I3N2O6/c15-4-8(22)21-14(13(26)20-1-2-27-9(23)5-16)7(18)3-6(17)10(11(14)19)12(24)25/h3,11H,1-2,4-5H2,(H,20,26)(H,21,22)(H,24,25). The van der Waals surface area contributed by atoms with Gasteiger partial charge in [-0.1, -0.05) is 22.6 Å². The van der Waals surface area contributed by atoms with Crippen LogP contribution in [-0.2, 0) is 23.9 Å². The molecule has 8 nitrogen and oxygen atoms in total. The third kappa shape index (κ3) is 6.05. The van der Waals surface area contributed by atoms with Crippen molar-refractivity contribution in [1.29, 1.82) is 0 Å². The summed E-state index contributed by atoms with van der Waals surface area (Å²) < 4.78 is 4.74. The molecule has 0 radical (unpaired) electrons. The Labute approximate surface area is 205 Å². The lowest BCUT2D eigenvalue weighted by Crippen LogP contribution is -2.66. The van der Waals surface area contributed by atoms with Crippen molar-refractivity contribution in [1.82, 2.24) is 10.6 Å². The highest BCUT2D eigenvalue weighted by molar-refractivity contribution is 14.1. The van der Waals surface area contributed by atoms with E-state index < -0.39 is 39.1 Å². The number of aliphatic carboxylic acids is 1. The summed E-state index contributed by atoms with van der Waals surface area (Å²) in [5, 5.41) is 14.6. The van der Waals surface area contributed by atoms with Crippen LogP contribution >= 0.6 is 91.0 Å². The molecule has 0 aromatic heterocycles. The van der Waals surface area contributed by atoms with Crippen molar-refractivity contribution in [3.8, 4) is 0 Å². The van der Waals surface area contributed by atoms with E-state index in [1.807, 2.05) is 67.8 Å². The van der Waals surface area contributed by atoms with E-state index in [0.29, 0.717) is 7.16 Å². The Morgan fingerprint density at radius 2 is 1.85 bits per heavy atom. The van der Waals surface area contributed by atoms with Gasteiger partial charge < -0.3 is 20.5 Å². The molecule has 0 aromatic rings. The molecule has 0 saturated heterocycles. The molecule has 27 heavy (non-hydrogen) atoms. The van der Waals surface area contributed by atoms with Gasteiger partial charge in [0.15, 0.2) is 5.54 Å². The highest BCUT2D eigenvalue weighted by Gasteiger charge is 2.53. The minimum absolute atomic E-state index is 0.0183. The van der Waals surface area contributed by atoms with Crippen LogP contribution < -0.4 is 10.6 Å². The van der Waals surface area contributed by atoms with E-state index in [4.69, 9.17) is 27.9 Å². The lowest BCUT2D eigenvalue weighted by Gasteiger charge is -2.40. The highest BCUT2D eigenvalue weighted by Crippen LogP contribution is 2.43. The first-order chi connectivity index (χ1) is 12.6. The fraction of sp³-hybridized carbons (Fsp3) is 0.429. The van der Waals surface area contributed by atoms with Gasteiger partial charge in [0.05, 0.1) is 16.0 Å². The van der Waals surface area contributed by atoms with E-state index in [-0.39, 0.29) is 24.6 Å². The van der Waals surface area contributed by atoms with Crippen LogP contribution in [0.5, 0.6) is 0 Å². The number of amides is 2. The van der Waals surface area contributed by atoms with Gasteiger partial charge in [-0.15, -0.1) is 23.2 Å². The fourth-order valence-corrected chi connectivity index (χ4v) is 7.30. The molecule has 150 valence electrons. The fourth-order valence-electron chi connectivity index (χ4n) is 2.14. The number of hydrogen-bond acceptors (Lipinski definition) is 5. The van der Waals surface area contributed by atoms with Gasteiger partial charge in [-0.3, -0.25) is 14.4 Å². The van der Waals surface area contributed by atoms with E-state index in [1.54, 1.807) is 0 Å². The number of carboxylic acids is 1. The molecule has 0 heterocycles. The zero-order valence-corrected chi connectivity index (χ0v) is 21.3. The molecule has 2 amide bonds. The van der Waals surface area contributed by atoms with E-state index in [1.165, 1.54) is 6.08 Å². The maximum absolute atomic E-state index is 13.0. The molecule has 0 aromatic carbocycles. The smallest absolute Gasteiger partial charge is 0.333 e. The van der Waals surface area contributed by atoms with Gasteiger partial charge in [-0.25, -0.2) is 4.79 Å². The molecular weight excluding hydrogens is 744 g/mol. The third-order valence-corrected chi connectivity index (χ3v) is 7.40. The van der Waals surface area contributed by atoms with Crippen LogP contribution in [0, 0.1) is 0 Å². The van der Waals surface area contributed by atoms with E-state index >= 15 is 0 Å². The lowest BCUT2D eigenvalue weighted by molar-refractivity contribution is -0.141. The summed E-state index contributed by atoms with van der Waals surface area (Å²) in [6.07, 6.45) is 1.52. The van der Waals surface area contributed by atoms with Crippen LogP contribution in [0.25, 0.3) is 0 Å². The zero-order chi connectivity index (χ0) is 20.8. The van der Waals surface area contributed by atoms with Crippen molar-refractivity contribution >= 4 is 115 Å². The monoisotopic (exact) mass is 756 g/mol. The minimum atomic E-state index is -1.66. The lowest BCUT2D eigenvalue weighted by atomic mass is 9.85. The predicted octanol–water partition coefficient (Wildman–Crippen LogP) is 1.89. The third-order valence-electron chi connectivity index (χ3n) is 3.33. The summed E-state index contributed by atoms with van der Waals surface area (Å²) in [6.45, 7) is -0.168. The van der Waals surface area contributed by atoms with Gasteiger partial charge in [0.1, 0.15) is 18.4 Å². The van der Waals surface area contributed by atoms with E-state index in [9.17, 15) is 24.3 Å². The molecule has 1 rings (SSSR count). The zero-order valence-electron chi connectivity index (χ0n) is 13.4. The van der Waals surface area contributed by atoms with Crippen molar-refractivity contribution in [3.63, 3.8) is 0 Å². The van der Waals surface area contributed by atoms with Gasteiger partial charge in [0, 0.05) is 7.16 Å². The number of ether oxygens (including phenoxy) is 1. The van der Waals surface area contributed by atoms with Crippen LogP contribution in [0.3, 0.4) is 0 Å². The first kappa shape index (κ1) is 25.2. The maximum Gasteiger partial charge on any atom is 0.333 e. The van der Waals surface area contributed by atoms with Crippen molar-refractivity contribution in [2.24, 2.45) is 0 Å². The van der Waals surface area contributed by atoms with Crippen molar-refractivity contribution < 1.29 is 29.0 Å². The molecule has 3 N–H and O–H groups in total. The predicted molar refractivity (Wildman–Crippen MR) is 125 cm³/mol. The Kier molecular flexibility index (Phi) is 10.6. The van der Waals surface area contributed by atoms with Gasteiger partial charge in [0.25, 0.3) is 5.91 Å². The van der Waals surface area contributed by atoms with Crippen molar-refractivity contribution in [3.05, 3.63) is 18.8 Å². The Morgan fingerprint density at radius 1 is 1.22 bits per heavy atom. The molecule has 2 unspecified atom stereocenters. The Bertz CT molecular complexity index is 715.